The summed E-state index contributed by atoms with van der Waals surface area (Å²) in [6.07, 6.45) is 7.55. The van der Waals surface area contributed by atoms with Crippen LogP contribution >= 0.6 is 0 Å². The molecule has 1 atom stereocenters. The van der Waals surface area contributed by atoms with Crippen LogP contribution in [-0.2, 0) is 4.84 Å². The van der Waals surface area contributed by atoms with Gasteiger partial charge in [0, 0.05) is 40.1 Å². The van der Waals surface area contributed by atoms with Gasteiger partial charge in [-0.15, -0.1) is 6.42 Å². The zero-order chi connectivity index (χ0) is 23.8. The minimum Gasteiger partial charge on any atom is -0.493 e. The molecule has 1 N–H and O–H groups in total. The number of oxime groups is 1. The van der Waals surface area contributed by atoms with E-state index in [0.717, 1.165) is 64.1 Å². The van der Waals surface area contributed by atoms with Gasteiger partial charge in [0.2, 0.25) is 0 Å². The number of benzene rings is 2. The van der Waals surface area contributed by atoms with Crippen molar-refractivity contribution in [2.75, 3.05) is 41.5 Å². The van der Waals surface area contributed by atoms with E-state index in [9.17, 15) is 0 Å². The average Bonchev–Trinajstić information content (AvgIpc) is 3.55. The van der Waals surface area contributed by atoms with E-state index < -0.39 is 0 Å². The molecule has 0 saturated heterocycles. The van der Waals surface area contributed by atoms with Crippen LogP contribution in [0.25, 0.3) is 22.2 Å². The molecule has 0 radical (unpaired) electrons. The van der Waals surface area contributed by atoms with Crippen molar-refractivity contribution in [3.63, 3.8) is 0 Å². The van der Waals surface area contributed by atoms with E-state index >= 15 is 0 Å². The van der Waals surface area contributed by atoms with Crippen molar-refractivity contribution in [2.24, 2.45) is 11.1 Å². The molecule has 7 nitrogen and oxygen atoms in total. The third-order valence-corrected chi connectivity index (χ3v) is 6.33. The van der Waals surface area contributed by atoms with E-state index in [-0.39, 0.29) is 6.10 Å². The molecule has 7 heteroatoms. The summed E-state index contributed by atoms with van der Waals surface area (Å²) in [4.78, 5) is 11.6. The summed E-state index contributed by atoms with van der Waals surface area (Å²) < 4.78 is 17.1. The number of nitrogens with zero attached hydrogens (tertiary/aromatic N) is 2. The van der Waals surface area contributed by atoms with Crippen molar-refractivity contribution < 1.29 is 19.0 Å². The maximum absolute atomic E-state index is 6.00. The normalized spacial score (nSPS) is 16.3. The molecule has 2 aliphatic carbocycles. The molecule has 5 rings (SSSR count). The lowest BCUT2D eigenvalue weighted by molar-refractivity contribution is 0.0846. The maximum Gasteiger partial charge on any atom is 0.190 e. The largest absolute Gasteiger partial charge is 0.493 e. The summed E-state index contributed by atoms with van der Waals surface area (Å²) in [5.41, 5.74) is 5.53. The van der Waals surface area contributed by atoms with E-state index in [1.54, 1.807) is 14.2 Å². The predicted molar refractivity (Wildman–Crippen MR) is 133 cm³/mol. The Labute approximate surface area is 199 Å². The second-order valence-electron chi connectivity index (χ2n) is 8.96. The van der Waals surface area contributed by atoms with E-state index in [1.165, 1.54) is 0 Å². The van der Waals surface area contributed by atoms with Crippen LogP contribution in [0.3, 0.4) is 0 Å². The molecule has 2 aliphatic rings. The van der Waals surface area contributed by atoms with E-state index in [0.29, 0.717) is 24.0 Å². The number of rotatable bonds is 9. The third-order valence-electron chi connectivity index (χ3n) is 6.33. The number of likely N-dealkylation sites (N-methyl/N-ethyl adjacent to an activating group) is 1. The Morgan fingerprint density at radius 2 is 1.85 bits per heavy atom. The second kappa shape index (κ2) is 8.96. The molecule has 0 bridgehead atoms. The Balaban J connectivity index is 1.61. The van der Waals surface area contributed by atoms with Crippen LogP contribution in [0.5, 0.6) is 17.2 Å². The number of terminal acetylenes is 1. The summed E-state index contributed by atoms with van der Waals surface area (Å²) in [7, 11) is 7.31. The highest BCUT2D eigenvalue weighted by Gasteiger charge is 2.35. The molecule has 1 fully saturated rings. The Morgan fingerprint density at radius 1 is 1.12 bits per heavy atom. The molecular formula is C27H29N3O4. The van der Waals surface area contributed by atoms with E-state index in [1.807, 2.05) is 38.4 Å². The Kier molecular flexibility index (Phi) is 5.84. The van der Waals surface area contributed by atoms with Crippen molar-refractivity contribution in [3.05, 3.63) is 41.5 Å². The summed E-state index contributed by atoms with van der Waals surface area (Å²) >= 11 is 0. The van der Waals surface area contributed by atoms with Crippen LogP contribution in [-0.4, -0.2) is 63.2 Å². The van der Waals surface area contributed by atoms with Crippen molar-refractivity contribution in [1.29, 1.82) is 0 Å². The number of ether oxygens (including phenoxy) is 3. The van der Waals surface area contributed by atoms with Crippen molar-refractivity contribution >= 4 is 16.6 Å². The lowest BCUT2D eigenvalue weighted by Crippen LogP contribution is -2.19. The van der Waals surface area contributed by atoms with Crippen LogP contribution in [0.1, 0.15) is 24.0 Å². The maximum atomic E-state index is 6.00. The first kappa shape index (κ1) is 22.2. The third kappa shape index (κ3) is 3.95. The average molecular weight is 460 g/mol. The molecule has 1 aromatic heterocycles. The summed E-state index contributed by atoms with van der Waals surface area (Å²) in [5, 5.41) is 5.63. The van der Waals surface area contributed by atoms with Gasteiger partial charge in [0.1, 0.15) is 18.1 Å². The van der Waals surface area contributed by atoms with Crippen LogP contribution < -0.4 is 14.2 Å². The molecule has 0 spiro atoms. The fourth-order valence-corrected chi connectivity index (χ4v) is 4.33. The van der Waals surface area contributed by atoms with Gasteiger partial charge in [0.25, 0.3) is 0 Å². The Morgan fingerprint density at radius 3 is 2.50 bits per heavy atom. The number of H-pyrrole nitrogens is 1. The van der Waals surface area contributed by atoms with Gasteiger partial charge in [-0.1, -0.05) is 11.1 Å². The first-order valence-corrected chi connectivity index (χ1v) is 11.4. The highest BCUT2D eigenvalue weighted by molar-refractivity contribution is 6.30. The SMILES string of the molecule is C#C[C@H](ON=C1c2cc(OC)c(OC)cc2-c2[nH]c3ccc(OCCN(C)C)cc3c21)C1CC1. The zero-order valence-corrected chi connectivity index (χ0v) is 20.0. The van der Waals surface area contributed by atoms with Crippen LogP contribution in [0, 0.1) is 18.3 Å². The van der Waals surface area contributed by atoms with Crippen molar-refractivity contribution in [3.8, 4) is 40.8 Å². The number of hydrogen-bond donors (Lipinski definition) is 1. The van der Waals surface area contributed by atoms with Gasteiger partial charge in [0.05, 0.1) is 19.9 Å². The fraction of sp³-hybridized carbons (Fsp3) is 0.370. The number of nitrogens with one attached hydrogen (secondary N) is 1. The molecule has 2 aromatic carbocycles. The van der Waals surface area contributed by atoms with Gasteiger partial charge in [-0.05, 0) is 57.3 Å². The summed E-state index contributed by atoms with van der Waals surface area (Å²) in [5.74, 6) is 5.21. The van der Waals surface area contributed by atoms with Gasteiger partial charge < -0.3 is 28.9 Å². The minimum absolute atomic E-state index is 0.324. The van der Waals surface area contributed by atoms with Crippen LogP contribution in [0.2, 0.25) is 0 Å². The molecule has 176 valence electrons. The van der Waals surface area contributed by atoms with Crippen molar-refractivity contribution in [2.45, 2.75) is 18.9 Å². The van der Waals surface area contributed by atoms with Crippen molar-refractivity contribution in [1.82, 2.24) is 9.88 Å². The second-order valence-corrected chi connectivity index (χ2v) is 8.96. The minimum atomic E-state index is -0.324. The highest BCUT2D eigenvalue weighted by atomic mass is 16.6. The Hall–Kier alpha value is -3.63. The zero-order valence-electron chi connectivity index (χ0n) is 20.0. The van der Waals surface area contributed by atoms with E-state index in [4.69, 9.17) is 25.5 Å². The molecule has 0 unspecified atom stereocenters. The van der Waals surface area contributed by atoms with Crippen LogP contribution in [0.15, 0.2) is 35.5 Å². The number of methoxy groups -OCH3 is 2. The Bertz CT molecular complexity index is 1300. The van der Waals surface area contributed by atoms with Gasteiger partial charge in [-0.3, -0.25) is 0 Å². The monoisotopic (exact) mass is 459 g/mol. The standard InChI is InChI=1S/C27H29N3O4/c1-6-22(16-7-8-16)34-29-27-19-15-24(32-5)23(31-4)14-18(19)26-25(27)20-13-17(9-10-21(20)28-26)33-12-11-30(2)3/h1,9-10,13-16,22,28H,7-8,11-12H2,2-5H3/t22-/m0/s1. The van der Waals surface area contributed by atoms with Crippen LogP contribution in [0.4, 0.5) is 0 Å². The first-order chi connectivity index (χ1) is 16.5. The van der Waals surface area contributed by atoms with Gasteiger partial charge in [-0.25, -0.2) is 0 Å². The van der Waals surface area contributed by atoms with E-state index in [2.05, 4.69) is 27.0 Å². The fourth-order valence-electron chi connectivity index (χ4n) is 4.33. The molecule has 34 heavy (non-hydrogen) atoms. The number of aromatic nitrogens is 1. The van der Waals surface area contributed by atoms with Gasteiger partial charge in [0.15, 0.2) is 17.6 Å². The number of fused-ring (bicyclic) bond motifs is 5. The predicted octanol–water partition coefficient (Wildman–Crippen LogP) is 4.29. The quantitative estimate of drug-likeness (QED) is 0.299. The number of aromatic amines is 1. The highest BCUT2D eigenvalue weighted by Crippen LogP contribution is 2.46. The molecule has 0 amide bonds. The lowest BCUT2D eigenvalue weighted by Gasteiger charge is -2.12. The molecule has 0 aliphatic heterocycles. The molecule has 3 aromatic rings. The summed E-state index contributed by atoms with van der Waals surface area (Å²) in [6.45, 7) is 1.44. The number of hydrogen-bond acceptors (Lipinski definition) is 6. The topological polar surface area (TPSA) is 68.3 Å². The lowest BCUT2D eigenvalue weighted by atomic mass is 10.1. The molecule has 1 heterocycles. The molecule has 1 saturated carbocycles. The van der Waals surface area contributed by atoms with Gasteiger partial charge in [-0.2, -0.15) is 0 Å². The molecular weight excluding hydrogens is 430 g/mol. The van der Waals surface area contributed by atoms with Gasteiger partial charge >= 0.3 is 0 Å². The first-order valence-electron chi connectivity index (χ1n) is 11.4. The smallest absolute Gasteiger partial charge is 0.190 e. The summed E-state index contributed by atoms with van der Waals surface area (Å²) in [6, 6.07) is 9.98.